The molecule has 3 amide bonds. The van der Waals surface area contributed by atoms with E-state index in [9.17, 15) is 14.4 Å². The molecule has 0 aliphatic carbocycles. The molecule has 1 aromatic heterocycles. The van der Waals surface area contributed by atoms with Gasteiger partial charge < -0.3 is 5.32 Å². The monoisotopic (exact) mass is 234 g/mol. The summed E-state index contributed by atoms with van der Waals surface area (Å²) >= 11 is 0. The van der Waals surface area contributed by atoms with Crippen LogP contribution in [0.2, 0.25) is 0 Å². The van der Waals surface area contributed by atoms with Gasteiger partial charge in [-0.3, -0.25) is 19.7 Å². The van der Waals surface area contributed by atoms with Crippen LogP contribution in [0.15, 0.2) is 18.6 Å². The highest BCUT2D eigenvalue weighted by molar-refractivity contribution is 6.03. The second kappa shape index (κ2) is 4.69. The molecule has 1 aromatic rings. The maximum atomic E-state index is 11.7. The second-order valence-corrected chi connectivity index (χ2v) is 3.57. The highest BCUT2D eigenvalue weighted by atomic mass is 16.2. The molecule has 1 fully saturated rings. The normalized spacial score (nSPS) is 19.6. The Bertz CT molecular complexity index is 460. The average molecular weight is 234 g/mol. The second-order valence-electron chi connectivity index (χ2n) is 3.57. The SMILES string of the molecule is O=C1CCC(NC(=O)c2ccncn2)C(=O)N1. The third kappa shape index (κ3) is 2.63. The molecule has 1 saturated heterocycles. The summed E-state index contributed by atoms with van der Waals surface area (Å²) < 4.78 is 0. The van der Waals surface area contributed by atoms with Gasteiger partial charge in [-0.2, -0.15) is 0 Å². The predicted molar refractivity (Wildman–Crippen MR) is 55.7 cm³/mol. The number of rotatable bonds is 2. The van der Waals surface area contributed by atoms with Gasteiger partial charge in [-0.05, 0) is 12.5 Å². The number of nitrogens with zero attached hydrogens (tertiary/aromatic N) is 2. The summed E-state index contributed by atoms with van der Waals surface area (Å²) in [6, 6.07) is 0.761. The number of aromatic nitrogens is 2. The highest BCUT2D eigenvalue weighted by Gasteiger charge is 2.28. The summed E-state index contributed by atoms with van der Waals surface area (Å²) in [5.74, 6) is -1.26. The van der Waals surface area contributed by atoms with Gasteiger partial charge in [0.1, 0.15) is 18.1 Å². The highest BCUT2D eigenvalue weighted by Crippen LogP contribution is 2.05. The van der Waals surface area contributed by atoms with E-state index in [2.05, 4.69) is 20.6 Å². The van der Waals surface area contributed by atoms with Crippen LogP contribution in [0.1, 0.15) is 23.3 Å². The van der Waals surface area contributed by atoms with Crippen molar-refractivity contribution in [1.82, 2.24) is 20.6 Å². The number of carbonyl (C=O) groups excluding carboxylic acids is 3. The summed E-state index contributed by atoms with van der Waals surface area (Å²) in [6.07, 6.45) is 3.22. The Morgan fingerprint density at radius 1 is 1.47 bits per heavy atom. The molecule has 88 valence electrons. The molecule has 0 radical (unpaired) electrons. The van der Waals surface area contributed by atoms with Gasteiger partial charge in [-0.1, -0.05) is 0 Å². The first kappa shape index (κ1) is 11.2. The molecule has 2 rings (SSSR count). The van der Waals surface area contributed by atoms with Gasteiger partial charge in [-0.15, -0.1) is 0 Å². The fraction of sp³-hybridized carbons (Fsp3) is 0.300. The molecule has 1 aliphatic heterocycles. The van der Waals surface area contributed by atoms with Crippen molar-refractivity contribution in [2.75, 3.05) is 0 Å². The van der Waals surface area contributed by atoms with Crippen LogP contribution in [0.5, 0.6) is 0 Å². The fourth-order valence-corrected chi connectivity index (χ4v) is 1.49. The summed E-state index contributed by atoms with van der Waals surface area (Å²) in [4.78, 5) is 41.4. The van der Waals surface area contributed by atoms with Gasteiger partial charge in [0, 0.05) is 12.6 Å². The molecule has 7 nitrogen and oxygen atoms in total. The number of imide groups is 1. The third-order valence-electron chi connectivity index (χ3n) is 2.36. The van der Waals surface area contributed by atoms with Crippen LogP contribution in [0.25, 0.3) is 0 Å². The van der Waals surface area contributed by atoms with E-state index in [0.29, 0.717) is 6.42 Å². The number of hydrogen-bond donors (Lipinski definition) is 2. The zero-order valence-electron chi connectivity index (χ0n) is 8.84. The van der Waals surface area contributed by atoms with E-state index in [-0.39, 0.29) is 18.0 Å². The van der Waals surface area contributed by atoms with Crippen LogP contribution < -0.4 is 10.6 Å². The lowest BCUT2D eigenvalue weighted by atomic mass is 10.1. The first-order valence-electron chi connectivity index (χ1n) is 5.07. The van der Waals surface area contributed by atoms with E-state index in [1.807, 2.05) is 0 Å². The van der Waals surface area contributed by atoms with Gasteiger partial charge in [0.15, 0.2) is 0 Å². The Hall–Kier alpha value is -2.31. The van der Waals surface area contributed by atoms with E-state index >= 15 is 0 Å². The average Bonchev–Trinajstić information content (AvgIpc) is 2.34. The van der Waals surface area contributed by atoms with Gasteiger partial charge in [0.05, 0.1) is 0 Å². The molecule has 1 unspecified atom stereocenters. The van der Waals surface area contributed by atoms with Gasteiger partial charge in [0.25, 0.3) is 5.91 Å². The van der Waals surface area contributed by atoms with E-state index in [1.54, 1.807) is 0 Å². The Morgan fingerprint density at radius 2 is 2.29 bits per heavy atom. The van der Waals surface area contributed by atoms with Crippen LogP contribution in [0.3, 0.4) is 0 Å². The van der Waals surface area contributed by atoms with Crippen molar-refractivity contribution in [3.8, 4) is 0 Å². The topological polar surface area (TPSA) is 101 Å². The Morgan fingerprint density at radius 3 is 2.94 bits per heavy atom. The molecular weight excluding hydrogens is 224 g/mol. The van der Waals surface area contributed by atoms with Crippen molar-refractivity contribution in [1.29, 1.82) is 0 Å². The Labute approximate surface area is 96.6 Å². The summed E-state index contributed by atoms with van der Waals surface area (Å²) in [7, 11) is 0. The number of piperidine rings is 1. The fourth-order valence-electron chi connectivity index (χ4n) is 1.49. The lowest BCUT2D eigenvalue weighted by molar-refractivity contribution is -0.134. The first-order valence-corrected chi connectivity index (χ1v) is 5.07. The summed E-state index contributed by atoms with van der Waals surface area (Å²) in [6.45, 7) is 0. The third-order valence-corrected chi connectivity index (χ3v) is 2.36. The Balaban J connectivity index is 2.00. The minimum absolute atomic E-state index is 0.185. The number of hydrogen-bond acceptors (Lipinski definition) is 5. The predicted octanol–water partition coefficient (Wildman–Crippen LogP) is -0.988. The van der Waals surface area contributed by atoms with E-state index < -0.39 is 17.9 Å². The van der Waals surface area contributed by atoms with Crippen LogP contribution in [-0.2, 0) is 9.59 Å². The molecule has 0 bridgehead atoms. The van der Waals surface area contributed by atoms with Crippen LogP contribution in [0, 0.1) is 0 Å². The van der Waals surface area contributed by atoms with Crippen molar-refractivity contribution in [2.45, 2.75) is 18.9 Å². The molecular formula is C10H10N4O3. The largest absolute Gasteiger partial charge is 0.339 e. The van der Waals surface area contributed by atoms with Gasteiger partial charge in [0.2, 0.25) is 11.8 Å². The number of amides is 3. The zero-order chi connectivity index (χ0) is 12.3. The minimum atomic E-state index is -0.685. The van der Waals surface area contributed by atoms with Crippen molar-refractivity contribution in [3.63, 3.8) is 0 Å². The van der Waals surface area contributed by atoms with Gasteiger partial charge in [-0.25, -0.2) is 9.97 Å². The van der Waals surface area contributed by atoms with Crippen LogP contribution >= 0.6 is 0 Å². The van der Waals surface area contributed by atoms with Crippen LogP contribution in [-0.4, -0.2) is 33.7 Å². The molecule has 2 heterocycles. The maximum Gasteiger partial charge on any atom is 0.270 e. The van der Waals surface area contributed by atoms with E-state index in [0.717, 1.165) is 0 Å². The molecule has 0 aromatic carbocycles. The molecule has 0 spiro atoms. The summed E-state index contributed by atoms with van der Waals surface area (Å²) in [5.41, 5.74) is 0.185. The van der Waals surface area contributed by atoms with Crippen molar-refractivity contribution >= 4 is 17.7 Å². The smallest absolute Gasteiger partial charge is 0.270 e. The molecule has 1 aliphatic rings. The maximum absolute atomic E-state index is 11.7. The number of carbonyl (C=O) groups is 3. The van der Waals surface area contributed by atoms with E-state index in [4.69, 9.17) is 0 Å². The summed E-state index contributed by atoms with van der Waals surface area (Å²) in [5, 5.41) is 4.67. The molecule has 1 atom stereocenters. The Kier molecular flexibility index (Phi) is 3.08. The molecule has 2 N–H and O–H groups in total. The quantitative estimate of drug-likeness (QED) is 0.640. The molecule has 7 heteroatoms. The molecule has 17 heavy (non-hydrogen) atoms. The standard InChI is InChI=1S/C10H10N4O3/c15-8-2-1-7(10(17)14-8)13-9(16)6-3-4-11-5-12-6/h3-5,7H,1-2H2,(H,13,16)(H,14,15,17). The van der Waals surface area contributed by atoms with Crippen molar-refractivity contribution in [3.05, 3.63) is 24.3 Å². The van der Waals surface area contributed by atoms with Crippen LogP contribution in [0.4, 0.5) is 0 Å². The zero-order valence-corrected chi connectivity index (χ0v) is 8.84. The van der Waals surface area contributed by atoms with Gasteiger partial charge >= 0.3 is 0 Å². The van der Waals surface area contributed by atoms with Crippen molar-refractivity contribution < 1.29 is 14.4 Å². The molecule has 0 saturated carbocycles. The lowest BCUT2D eigenvalue weighted by Crippen LogP contribution is -2.52. The lowest BCUT2D eigenvalue weighted by Gasteiger charge is -2.21. The van der Waals surface area contributed by atoms with E-state index in [1.165, 1.54) is 18.6 Å². The van der Waals surface area contributed by atoms with Crippen molar-refractivity contribution in [2.24, 2.45) is 0 Å². The minimum Gasteiger partial charge on any atom is -0.339 e. The number of nitrogens with one attached hydrogen (secondary N) is 2. The first-order chi connectivity index (χ1) is 8.16.